The van der Waals surface area contributed by atoms with Crippen LogP contribution in [-0.2, 0) is 14.3 Å². The fourth-order valence-electron chi connectivity index (χ4n) is 2.14. The van der Waals surface area contributed by atoms with E-state index in [0.717, 1.165) is 12.8 Å². The molecule has 1 aliphatic rings. The van der Waals surface area contributed by atoms with Crippen molar-refractivity contribution in [2.45, 2.75) is 52.1 Å². The fourth-order valence-corrected chi connectivity index (χ4v) is 2.14. The first-order chi connectivity index (χ1) is 9.81. The molecule has 0 spiro atoms. The van der Waals surface area contributed by atoms with E-state index in [0.29, 0.717) is 13.2 Å². The van der Waals surface area contributed by atoms with Gasteiger partial charge in [-0.3, -0.25) is 14.9 Å². The molecule has 0 unspecified atom stereocenters. The maximum Gasteiger partial charge on any atom is 0.321 e. The van der Waals surface area contributed by atoms with E-state index in [4.69, 9.17) is 9.84 Å². The number of imide groups is 1. The second kappa shape index (κ2) is 7.97. The van der Waals surface area contributed by atoms with Crippen LogP contribution in [0.15, 0.2) is 0 Å². The van der Waals surface area contributed by atoms with Gasteiger partial charge < -0.3 is 15.2 Å². The average molecular weight is 300 g/mol. The number of aliphatic carboxylic acids is 1. The molecule has 120 valence electrons. The molecular formula is C14H24N2O5. The highest BCUT2D eigenvalue weighted by molar-refractivity contribution is 5.96. The number of hydrogen-bond donors (Lipinski definition) is 3. The number of nitrogens with one attached hydrogen (secondary N) is 2. The third-order valence-electron chi connectivity index (χ3n) is 3.48. The summed E-state index contributed by atoms with van der Waals surface area (Å²) < 4.78 is 5.57. The van der Waals surface area contributed by atoms with Crippen LogP contribution in [0, 0.1) is 5.41 Å². The summed E-state index contributed by atoms with van der Waals surface area (Å²) >= 11 is 0. The molecule has 0 heterocycles. The van der Waals surface area contributed by atoms with E-state index >= 15 is 0 Å². The van der Waals surface area contributed by atoms with Crippen molar-refractivity contribution >= 4 is 17.9 Å². The largest absolute Gasteiger partial charge is 0.481 e. The maximum atomic E-state index is 11.5. The van der Waals surface area contributed by atoms with E-state index in [1.807, 2.05) is 0 Å². The zero-order valence-corrected chi connectivity index (χ0v) is 12.6. The molecule has 0 saturated heterocycles. The third kappa shape index (κ3) is 6.57. The Kier molecular flexibility index (Phi) is 6.61. The van der Waals surface area contributed by atoms with E-state index < -0.39 is 23.3 Å². The van der Waals surface area contributed by atoms with Crippen molar-refractivity contribution in [2.24, 2.45) is 5.41 Å². The lowest BCUT2D eigenvalue weighted by molar-refractivity contribution is -0.149. The standard InChI is InChI=1S/C14H24N2O5/c1-14(2,12(18)19)9-11(17)16-13(20)15-7-8-21-10-5-3-4-6-10/h10H,3-9H2,1-2H3,(H,18,19)(H2,15,16,17,20). The van der Waals surface area contributed by atoms with E-state index in [9.17, 15) is 14.4 Å². The molecule has 0 atom stereocenters. The normalized spacial score (nSPS) is 15.7. The smallest absolute Gasteiger partial charge is 0.321 e. The Morgan fingerprint density at radius 2 is 1.86 bits per heavy atom. The van der Waals surface area contributed by atoms with Gasteiger partial charge in [0.2, 0.25) is 5.91 Å². The summed E-state index contributed by atoms with van der Waals surface area (Å²) in [6.45, 7) is 3.59. The summed E-state index contributed by atoms with van der Waals surface area (Å²) in [5.74, 6) is -1.69. The second-order valence-electron chi connectivity index (χ2n) is 5.95. The summed E-state index contributed by atoms with van der Waals surface area (Å²) in [5, 5.41) is 13.5. The summed E-state index contributed by atoms with van der Waals surface area (Å²) in [6, 6.07) is -0.629. The van der Waals surface area contributed by atoms with Crippen molar-refractivity contribution in [1.29, 1.82) is 0 Å². The van der Waals surface area contributed by atoms with Gasteiger partial charge in [0.25, 0.3) is 0 Å². The molecule has 3 amide bonds. The summed E-state index contributed by atoms with van der Waals surface area (Å²) in [7, 11) is 0. The SMILES string of the molecule is CC(C)(CC(=O)NC(=O)NCCOC1CCCC1)C(=O)O. The predicted octanol–water partition coefficient (Wildman–Crippen LogP) is 1.27. The molecule has 1 aliphatic carbocycles. The minimum atomic E-state index is -1.20. The Morgan fingerprint density at radius 3 is 2.43 bits per heavy atom. The predicted molar refractivity (Wildman–Crippen MR) is 75.8 cm³/mol. The summed E-state index contributed by atoms with van der Waals surface area (Å²) in [4.78, 5) is 33.9. The molecule has 1 fully saturated rings. The quantitative estimate of drug-likeness (QED) is 0.614. The molecule has 7 nitrogen and oxygen atoms in total. The number of ether oxygens (including phenoxy) is 1. The van der Waals surface area contributed by atoms with E-state index in [-0.39, 0.29) is 12.5 Å². The number of hydrogen-bond acceptors (Lipinski definition) is 4. The van der Waals surface area contributed by atoms with Gasteiger partial charge >= 0.3 is 12.0 Å². The monoisotopic (exact) mass is 300 g/mol. The van der Waals surface area contributed by atoms with Crippen LogP contribution in [0.5, 0.6) is 0 Å². The Morgan fingerprint density at radius 1 is 1.24 bits per heavy atom. The highest BCUT2D eigenvalue weighted by atomic mass is 16.5. The molecule has 3 N–H and O–H groups in total. The summed E-state index contributed by atoms with van der Waals surface area (Å²) in [6.07, 6.45) is 4.53. The Labute approximate surface area is 124 Å². The molecule has 0 aliphatic heterocycles. The molecule has 0 bridgehead atoms. The second-order valence-corrected chi connectivity index (χ2v) is 5.95. The van der Waals surface area contributed by atoms with Crippen LogP contribution >= 0.6 is 0 Å². The summed E-state index contributed by atoms with van der Waals surface area (Å²) in [5.41, 5.74) is -1.20. The minimum absolute atomic E-state index is 0.256. The molecule has 0 aromatic rings. The number of carbonyl (C=O) groups is 3. The van der Waals surface area contributed by atoms with E-state index in [2.05, 4.69) is 10.6 Å². The topological polar surface area (TPSA) is 105 Å². The first-order valence-electron chi connectivity index (χ1n) is 7.24. The molecule has 1 saturated carbocycles. The van der Waals surface area contributed by atoms with Crippen LogP contribution in [-0.4, -0.2) is 42.3 Å². The van der Waals surface area contributed by atoms with Crippen molar-refractivity contribution in [1.82, 2.24) is 10.6 Å². The number of amides is 3. The average Bonchev–Trinajstić information content (AvgIpc) is 2.86. The lowest BCUT2D eigenvalue weighted by Crippen LogP contribution is -2.43. The Hall–Kier alpha value is -1.63. The number of carbonyl (C=O) groups excluding carboxylic acids is 2. The van der Waals surface area contributed by atoms with Crippen molar-refractivity contribution in [3.05, 3.63) is 0 Å². The van der Waals surface area contributed by atoms with Crippen LogP contribution in [0.25, 0.3) is 0 Å². The van der Waals surface area contributed by atoms with Crippen LogP contribution in [0.2, 0.25) is 0 Å². The Balaban J connectivity index is 2.14. The minimum Gasteiger partial charge on any atom is -0.481 e. The van der Waals surface area contributed by atoms with Gasteiger partial charge in [-0.1, -0.05) is 12.8 Å². The first-order valence-corrected chi connectivity index (χ1v) is 7.24. The van der Waals surface area contributed by atoms with Crippen molar-refractivity contribution in [2.75, 3.05) is 13.2 Å². The Bertz CT molecular complexity index is 389. The lowest BCUT2D eigenvalue weighted by Gasteiger charge is -2.18. The van der Waals surface area contributed by atoms with Gasteiger partial charge in [0.05, 0.1) is 18.1 Å². The van der Waals surface area contributed by atoms with Crippen LogP contribution in [0.4, 0.5) is 4.79 Å². The highest BCUT2D eigenvalue weighted by Gasteiger charge is 2.30. The van der Waals surface area contributed by atoms with Crippen LogP contribution in [0.3, 0.4) is 0 Å². The van der Waals surface area contributed by atoms with Gasteiger partial charge in [-0.15, -0.1) is 0 Å². The van der Waals surface area contributed by atoms with Crippen LogP contribution in [0.1, 0.15) is 46.0 Å². The lowest BCUT2D eigenvalue weighted by atomic mass is 9.89. The van der Waals surface area contributed by atoms with Crippen molar-refractivity contribution < 1.29 is 24.2 Å². The number of urea groups is 1. The van der Waals surface area contributed by atoms with Crippen molar-refractivity contribution in [3.63, 3.8) is 0 Å². The first kappa shape index (κ1) is 17.4. The van der Waals surface area contributed by atoms with Gasteiger partial charge in [0.1, 0.15) is 0 Å². The number of carboxylic acid groups (broad SMARTS) is 1. The zero-order valence-electron chi connectivity index (χ0n) is 12.6. The molecule has 0 radical (unpaired) electrons. The van der Waals surface area contributed by atoms with E-state index in [1.165, 1.54) is 26.7 Å². The highest BCUT2D eigenvalue weighted by Crippen LogP contribution is 2.20. The number of rotatable bonds is 7. The molecular weight excluding hydrogens is 276 g/mol. The van der Waals surface area contributed by atoms with E-state index in [1.54, 1.807) is 0 Å². The maximum absolute atomic E-state index is 11.5. The van der Waals surface area contributed by atoms with Gasteiger partial charge in [-0.25, -0.2) is 4.79 Å². The van der Waals surface area contributed by atoms with Gasteiger partial charge in [-0.05, 0) is 26.7 Å². The van der Waals surface area contributed by atoms with Crippen LogP contribution < -0.4 is 10.6 Å². The molecule has 21 heavy (non-hydrogen) atoms. The van der Waals surface area contributed by atoms with Gasteiger partial charge in [0.15, 0.2) is 0 Å². The molecule has 7 heteroatoms. The fraction of sp³-hybridized carbons (Fsp3) is 0.786. The van der Waals surface area contributed by atoms with Gasteiger partial charge in [-0.2, -0.15) is 0 Å². The number of carboxylic acids is 1. The molecule has 1 rings (SSSR count). The van der Waals surface area contributed by atoms with Crippen molar-refractivity contribution in [3.8, 4) is 0 Å². The molecule has 0 aromatic carbocycles. The zero-order chi connectivity index (χ0) is 15.9. The third-order valence-corrected chi connectivity index (χ3v) is 3.48. The van der Waals surface area contributed by atoms with Gasteiger partial charge in [0, 0.05) is 13.0 Å². The molecule has 0 aromatic heterocycles.